The molecule has 1 aromatic carbocycles. The standard InChI is InChI=1S/C64H106N14O14/c1-12-34(5)48(74-57(85)44(68-11)32-40-23-18-16-19-24-40)59(87)71-42(27-22-30-69-64(66)67)55(83)70-43(28-29-47(65)81)56(84)73-50(36(7)14-3)61(89)75-49(35(6)13-2)60(88)72-45(33-79)58(86)77-52-39(10)92-63(91)51(37(8)15-4)76-62(90)53(41-25-20-17-21-26-41)78-54(82)38(9)31-46(52)80/h16,18-19,23-24,34-39,41-45,48-53,68,79H,12-15,17,20-22,25-33H2,1-11H3,(H2,65,81)(H,70,83)(H,71,87)(H,72,88)(H,73,84)(H,74,85)(H,75,89)(H,76,90)(H,77,86)(H,78,82)(H4,66,67,69)/t34-,35-,36+,37-,38+,39-,42-,43+,44+,45-,48-,49-,50+,51-,52+,53-/m0/s1. The fraction of sp³-hybridized carbons (Fsp3) is 0.703. The van der Waals surface area contributed by atoms with E-state index in [1.54, 1.807) is 48.6 Å². The summed E-state index contributed by atoms with van der Waals surface area (Å²) in [4.78, 5) is 172. The first-order valence-corrected chi connectivity index (χ1v) is 32.7. The molecule has 17 N–H and O–H groups in total. The molecule has 0 spiro atoms. The maximum atomic E-state index is 14.6. The van der Waals surface area contributed by atoms with Gasteiger partial charge in [-0.2, -0.15) is 0 Å². The lowest BCUT2D eigenvalue weighted by molar-refractivity contribution is -0.157. The second kappa shape index (κ2) is 39.6. The minimum atomic E-state index is -1.77. The lowest BCUT2D eigenvalue weighted by atomic mass is 9.83. The van der Waals surface area contributed by atoms with Crippen molar-refractivity contribution in [2.45, 2.75) is 232 Å². The van der Waals surface area contributed by atoms with Gasteiger partial charge in [-0.05, 0) is 87.6 Å². The number of cyclic esters (lactones) is 1. The predicted octanol–water partition coefficient (Wildman–Crippen LogP) is -0.203. The average Bonchev–Trinajstić information content (AvgIpc) is 1.59. The van der Waals surface area contributed by atoms with Crippen LogP contribution < -0.4 is 70.4 Å². The molecule has 10 amide bonds. The van der Waals surface area contributed by atoms with E-state index in [1.165, 1.54) is 13.8 Å². The highest BCUT2D eigenvalue weighted by molar-refractivity contribution is 6.00. The number of ether oxygens (including phenoxy) is 1. The van der Waals surface area contributed by atoms with Crippen molar-refractivity contribution in [2.24, 2.45) is 57.7 Å². The van der Waals surface area contributed by atoms with Crippen LogP contribution in [0.15, 0.2) is 35.3 Å². The quantitative estimate of drug-likeness (QED) is 0.0184. The second-order valence-corrected chi connectivity index (χ2v) is 24.9. The Morgan fingerprint density at radius 3 is 1.64 bits per heavy atom. The number of guanidine groups is 1. The number of esters is 1. The van der Waals surface area contributed by atoms with Crippen LogP contribution >= 0.6 is 0 Å². The molecule has 1 aliphatic heterocycles. The number of hydrogen-bond donors (Lipinski definition) is 14. The average molecular weight is 1300 g/mol. The minimum Gasteiger partial charge on any atom is -0.458 e. The third-order valence-corrected chi connectivity index (χ3v) is 17.9. The zero-order chi connectivity index (χ0) is 68.9. The summed E-state index contributed by atoms with van der Waals surface area (Å²) < 4.78 is 5.83. The molecule has 28 heteroatoms. The van der Waals surface area contributed by atoms with Crippen LogP contribution in [0.5, 0.6) is 0 Å². The van der Waals surface area contributed by atoms with Gasteiger partial charge < -0.3 is 80.2 Å². The Morgan fingerprint density at radius 2 is 1.13 bits per heavy atom. The van der Waals surface area contributed by atoms with E-state index in [1.807, 2.05) is 44.2 Å². The summed E-state index contributed by atoms with van der Waals surface area (Å²) in [6.07, 6.45) is 3.20. The Kier molecular flexibility index (Phi) is 33.8. The molecule has 0 unspecified atom stereocenters. The Morgan fingerprint density at radius 1 is 0.630 bits per heavy atom. The van der Waals surface area contributed by atoms with Crippen molar-refractivity contribution in [3.8, 4) is 0 Å². The van der Waals surface area contributed by atoms with Crippen LogP contribution in [0.25, 0.3) is 0 Å². The van der Waals surface area contributed by atoms with Gasteiger partial charge in [-0.1, -0.05) is 138 Å². The molecule has 516 valence electrons. The summed E-state index contributed by atoms with van der Waals surface area (Å²) in [6.45, 7) is 15.7. The fourth-order valence-electron chi connectivity index (χ4n) is 11.0. The van der Waals surface area contributed by atoms with E-state index in [9.17, 15) is 62.6 Å². The highest BCUT2D eigenvalue weighted by Gasteiger charge is 2.42. The van der Waals surface area contributed by atoms with Gasteiger partial charge in [0.1, 0.15) is 60.5 Å². The Labute approximate surface area is 541 Å². The molecule has 1 saturated carbocycles. The van der Waals surface area contributed by atoms with Crippen LogP contribution in [0.4, 0.5) is 0 Å². The maximum Gasteiger partial charge on any atom is 0.329 e. The number of benzene rings is 1. The lowest BCUT2D eigenvalue weighted by Gasteiger charge is -2.32. The summed E-state index contributed by atoms with van der Waals surface area (Å²) in [7, 11) is 1.62. The molecule has 0 bridgehead atoms. The van der Waals surface area contributed by atoms with Crippen LogP contribution in [0.3, 0.4) is 0 Å². The summed E-state index contributed by atoms with van der Waals surface area (Å²) >= 11 is 0. The smallest absolute Gasteiger partial charge is 0.329 e. The first kappa shape index (κ1) is 78.5. The first-order valence-electron chi connectivity index (χ1n) is 32.7. The number of nitrogens with two attached hydrogens (primary N) is 3. The Hall–Kier alpha value is -7.75. The molecule has 1 aromatic rings. The molecule has 1 aliphatic carbocycles. The topological polar surface area (TPSA) is 445 Å². The number of nitrogens with one attached hydrogen (secondary N) is 10. The van der Waals surface area contributed by atoms with Crippen LogP contribution in [0, 0.1) is 35.5 Å². The molecule has 1 saturated heterocycles. The number of carbonyl (C=O) groups excluding carboxylic acids is 12. The number of primary amides is 1. The normalized spacial score (nSPS) is 21.9. The molecular formula is C64H106N14O14. The molecule has 1 heterocycles. The number of aliphatic imine (C=N–C) groups is 1. The largest absolute Gasteiger partial charge is 0.458 e. The molecule has 92 heavy (non-hydrogen) atoms. The van der Waals surface area contributed by atoms with Gasteiger partial charge in [0.05, 0.1) is 12.6 Å². The van der Waals surface area contributed by atoms with E-state index in [2.05, 4.69) is 58.2 Å². The van der Waals surface area contributed by atoms with Crippen molar-refractivity contribution in [1.82, 2.24) is 53.2 Å². The van der Waals surface area contributed by atoms with Crippen LogP contribution in [0.1, 0.15) is 165 Å². The Bertz CT molecular complexity index is 2670. The van der Waals surface area contributed by atoms with Gasteiger partial charge in [-0.3, -0.25) is 57.7 Å². The number of aliphatic hydroxyl groups is 1. The number of hydrogen-bond acceptors (Lipinski definition) is 16. The number of rotatable bonds is 34. The van der Waals surface area contributed by atoms with E-state index in [4.69, 9.17) is 21.9 Å². The second-order valence-electron chi connectivity index (χ2n) is 24.9. The molecule has 2 aliphatic rings. The highest BCUT2D eigenvalue weighted by Crippen LogP contribution is 2.28. The van der Waals surface area contributed by atoms with E-state index in [0.29, 0.717) is 32.1 Å². The lowest BCUT2D eigenvalue weighted by Crippen LogP contribution is -2.62. The van der Waals surface area contributed by atoms with Crippen molar-refractivity contribution in [3.63, 3.8) is 0 Å². The van der Waals surface area contributed by atoms with Crippen molar-refractivity contribution in [2.75, 3.05) is 20.2 Å². The number of Topliss-reactive ketones (excluding diaryl/α,β-unsaturated/α-hetero) is 1. The van der Waals surface area contributed by atoms with Gasteiger partial charge in [-0.15, -0.1) is 0 Å². The van der Waals surface area contributed by atoms with Crippen LogP contribution in [-0.4, -0.2) is 169 Å². The van der Waals surface area contributed by atoms with E-state index in [0.717, 1.165) is 24.8 Å². The number of amides is 10. The van der Waals surface area contributed by atoms with E-state index in [-0.39, 0.29) is 50.5 Å². The summed E-state index contributed by atoms with van der Waals surface area (Å²) in [5.74, 6) is -13.2. The maximum absolute atomic E-state index is 14.6. The summed E-state index contributed by atoms with van der Waals surface area (Å²) in [6, 6.07) is -3.92. The zero-order valence-corrected chi connectivity index (χ0v) is 55.7. The number of nitrogens with zero attached hydrogens (tertiary/aromatic N) is 1. The minimum absolute atomic E-state index is 0.0437. The van der Waals surface area contributed by atoms with Gasteiger partial charge in [-0.25, -0.2) is 4.79 Å². The van der Waals surface area contributed by atoms with Gasteiger partial charge >= 0.3 is 5.97 Å². The number of carbonyl (C=O) groups is 12. The van der Waals surface area contributed by atoms with E-state index >= 15 is 0 Å². The molecule has 0 radical (unpaired) electrons. The van der Waals surface area contributed by atoms with Crippen molar-refractivity contribution >= 4 is 76.8 Å². The number of likely N-dealkylation sites (N-methyl/N-ethyl adjacent to an activating group) is 1. The molecule has 2 fully saturated rings. The molecule has 0 aromatic heterocycles. The van der Waals surface area contributed by atoms with Crippen LogP contribution in [-0.2, 0) is 68.7 Å². The first-order chi connectivity index (χ1) is 43.5. The van der Waals surface area contributed by atoms with Crippen molar-refractivity contribution in [3.05, 3.63) is 35.9 Å². The van der Waals surface area contributed by atoms with Crippen molar-refractivity contribution < 1.29 is 67.4 Å². The zero-order valence-electron chi connectivity index (χ0n) is 55.7. The Balaban J connectivity index is 1.91. The van der Waals surface area contributed by atoms with E-state index < -0.39 is 186 Å². The molecule has 3 rings (SSSR count). The molecular weight excluding hydrogens is 1190 g/mol. The number of ketones is 1. The molecule has 28 nitrogen and oxygen atoms in total. The SMILES string of the molecule is CC[C@@H](C)[C@@H](NC(=O)[C@@H](CCC(N)=O)NC(=O)[C@H](CCCN=C(N)N)NC(=O)[C@@H](NC(=O)[C@@H](Cc1ccccc1)NC)[C@@H](C)CC)C(=O)N[C@H](C(=O)N[C@@H](CO)C(=O)N[C@H]1C(=O)C[C@@H](C)C(=O)N[C@@H](C2CCCCC2)C(=O)N[C@@H]([C@@H](C)CC)C(=O)O[C@H]1C)[C@@H](C)CC. The third kappa shape index (κ3) is 24.7. The van der Waals surface area contributed by atoms with Crippen molar-refractivity contribution in [1.29, 1.82) is 0 Å². The van der Waals surface area contributed by atoms with Gasteiger partial charge in [0.25, 0.3) is 0 Å². The van der Waals surface area contributed by atoms with Crippen LogP contribution in [0.2, 0.25) is 0 Å². The summed E-state index contributed by atoms with van der Waals surface area (Å²) in [5.41, 5.74) is 17.5. The fourth-order valence-corrected chi connectivity index (χ4v) is 11.0. The summed E-state index contributed by atoms with van der Waals surface area (Å²) in [5, 5.41) is 37.8. The third-order valence-electron chi connectivity index (χ3n) is 17.9. The predicted molar refractivity (Wildman–Crippen MR) is 345 cm³/mol. The van der Waals surface area contributed by atoms with Gasteiger partial charge in [0, 0.05) is 25.3 Å². The van der Waals surface area contributed by atoms with Gasteiger partial charge in [0.15, 0.2) is 11.7 Å². The highest BCUT2D eigenvalue weighted by atomic mass is 16.5. The van der Waals surface area contributed by atoms with Gasteiger partial charge in [0.2, 0.25) is 59.1 Å². The number of aliphatic hydroxyl groups excluding tert-OH is 1. The molecule has 16 atom stereocenters. The monoisotopic (exact) mass is 1290 g/mol.